The molecule has 5 nitrogen and oxygen atoms in total. The number of nitrogens with zero attached hydrogens (tertiary/aromatic N) is 1. The predicted octanol–water partition coefficient (Wildman–Crippen LogP) is 1.20. The number of pyridine rings is 1. The Labute approximate surface area is 127 Å². The van der Waals surface area contributed by atoms with E-state index in [2.05, 4.69) is 15.6 Å². The largest absolute Gasteiger partial charge is 0.350 e. The summed E-state index contributed by atoms with van der Waals surface area (Å²) in [6.45, 7) is 0.225. The van der Waals surface area contributed by atoms with Gasteiger partial charge >= 0.3 is 0 Å². The van der Waals surface area contributed by atoms with Gasteiger partial charge in [-0.15, -0.1) is 0 Å². The first-order valence-corrected chi connectivity index (χ1v) is 6.81. The maximum absolute atomic E-state index is 13.4. The van der Waals surface area contributed by atoms with Crippen molar-refractivity contribution in [3.8, 4) is 0 Å². The molecule has 0 radical (unpaired) electrons. The summed E-state index contributed by atoms with van der Waals surface area (Å²) in [5, 5.41) is 5.14. The molecule has 0 atom stereocenters. The van der Waals surface area contributed by atoms with Crippen LogP contribution in [0.25, 0.3) is 0 Å². The minimum atomic E-state index is -0.431. The molecule has 0 unspecified atom stereocenters. The first kappa shape index (κ1) is 15.6. The van der Waals surface area contributed by atoms with Crippen molar-refractivity contribution < 1.29 is 14.0 Å². The quantitative estimate of drug-likeness (QED) is 0.842. The molecule has 0 fully saturated rings. The zero-order valence-corrected chi connectivity index (χ0v) is 11.9. The van der Waals surface area contributed by atoms with Crippen molar-refractivity contribution in [3.63, 3.8) is 0 Å². The van der Waals surface area contributed by atoms with Gasteiger partial charge in [-0.1, -0.05) is 18.2 Å². The van der Waals surface area contributed by atoms with E-state index >= 15 is 0 Å². The van der Waals surface area contributed by atoms with Crippen molar-refractivity contribution in [3.05, 3.63) is 65.7 Å². The maximum Gasteiger partial charge on any atom is 0.239 e. The average Bonchev–Trinajstić information content (AvgIpc) is 2.54. The minimum Gasteiger partial charge on any atom is -0.350 e. The molecule has 0 saturated heterocycles. The summed E-state index contributed by atoms with van der Waals surface area (Å²) < 4.78 is 13.4. The summed E-state index contributed by atoms with van der Waals surface area (Å²) in [6.07, 6.45) is 3.18. The minimum absolute atomic E-state index is 0.0929. The van der Waals surface area contributed by atoms with E-state index < -0.39 is 11.7 Å². The topological polar surface area (TPSA) is 71.1 Å². The first-order chi connectivity index (χ1) is 10.6. The van der Waals surface area contributed by atoms with E-state index in [9.17, 15) is 14.0 Å². The lowest BCUT2D eigenvalue weighted by Gasteiger charge is -2.07. The van der Waals surface area contributed by atoms with E-state index in [1.54, 1.807) is 42.7 Å². The number of halogens is 1. The molecule has 6 heteroatoms. The molecule has 2 amide bonds. The van der Waals surface area contributed by atoms with Gasteiger partial charge in [0.25, 0.3) is 0 Å². The maximum atomic E-state index is 13.4. The van der Waals surface area contributed by atoms with Crippen LogP contribution in [0.4, 0.5) is 4.39 Å². The smallest absolute Gasteiger partial charge is 0.239 e. The Kier molecular flexibility index (Phi) is 5.59. The average molecular weight is 301 g/mol. The molecule has 114 valence electrons. The van der Waals surface area contributed by atoms with E-state index in [0.29, 0.717) is 12.1 Å². The lowest BCUT2D eigenvalue weighted by Crippen LogP contribution is -2.37. The van der Waals surface area contributed by atoms with Crippen LogP contribution in [0.2, 0.25) is 0 Å². The second kappa shape index (κ2) is 7.87. The zero-order valence-electron chi connectivity index (χ0n) is 11.9. The molecule has 0 spiro atoms. The van der Waals surface area contributed by atoms with Gasteiger partial charge in [-0.25, -0.2) is 4.39 Å². The summed E-state index contributed by atoms with van der Waals surface area (Å²) in [5.41, 5.74) is 1.22. The Morgan fingerprint density at radius 1 is 1.00 bits per heavy atom. The fourth-order valence-electron chi connectivity index (χ4n) is 1.82. The molecule has 1 heterocycles. The first-order valence-electron chi connectivity index (χ1n) is 6.81. The Morgan fingerprint density at radius 3 is 2.45 bits per heavy atom. The van der Waals surface area contributed by atoms with Gasteiger partial charge < -0.3 is 10.6 Å². The molecular weight excluding hydrogens is 285 g/mol. The van der Waals surface area contributed by atoms with E-state index in [1.807, 2.05) is 0 Å². The normalized spacial score (nSPS) is 10.0. The number of carbonyl (C=O) groups is 2. The van der Waals surface area contributed by atoms with Crippen LogP contribution in [0.15, 0.2) is 48.8 Å². The summed E-state index contributed by atoms with van der Waals surface area (Å²) >= 11 is 0. The van der Waals surface area contributed by atoms with Crippen molar-refractivity contribution in [2.75, 3.05) is 6.54 Å². The van der Waals surface area contributed by atoms with Crippen molar-refractivity contribution in [2.24, 2.45) is 0 Å². The molecule has 2 rings (SSSR count). The monoisotopic (exact) mass is 301 g/mol. The highest BCUT2D eigenvalue weighted by Gasteiger charge is 2.09. The van der Waals surface area contributed by atoms with E-state index in [0.717, 1.165) is 5.56 Å². The highest BCUT2D eigenvalue weighted by Crippen LogP contribution is 2.06. The van der Waals surface area contributed by atoms with Crippen molar-refractivity contribution in [1.82, 2.24) is 15.6 Å². The highest BCUT2D eigenvalue weighted by atomic mass is 19.1. The molecule has 0 aliphatic rings. The predicted molar refractivity (Wildman–Crippen MR) is 79.2 cm³/mol. The standard InChI is InChI=1S/C16H16FN3O2/c17-14-4-2-1-3-13(14)9-15(21)20-11-16(22)19-10-12-5-7-18-8-6-12/h1-8H,9-11H2,(H,19,22)(H,20,21). The van der Waals surface area contributed by atoms with Crippen LogP contribution >= 0.6 is 0 Å². The molecule has 0 aliphatic carbocycles. The van der Waals surface area contributed by atoms with E-state index in [-0.39, 0.29) is 18.9 Å². The Morgan fingerprint density at radius 2 is 1.73 bits per heavy atom. The fourth-order valence-corrected chi connectivity index (χ4v) is 1.82. The third-order valence-corrected chi connectivity index (χ3v) is 2.99. The molecule has 0 aliphatic heterocycles. The van der Waals surface area contributed by atoms with Gasteiger partial charge in [-0.2, -0.15) is 0 Å². The van der Waals surface area contributed by atoms with Gasteiger partial charge in [-0.05, 0) is 29.3 Å². The van der Waals surface area contributed by atoms with Crippen molar-refractivity contribution >= 4 is 11.8 Å². The third kappa shape index (κ3) is 4.97. The van der Waals surface area contributed by atoms with Gasteiger partial charge in [0, 0.05) is 18.9 Å². The van der Waals surface area contributed by atoms with Gasteiger partial charge in [-0.3, -0.25) is 14.6 Å². The lowest BCUT2D eigenvalue weighted by molar-refractivity contribution is -0.125. The number of carbonyl (C=O) groups excluding carboxylic acids is 2. The Hall–Kier alpha value is -2.76. The fraction of sp³-hybridized carbons (Fsp3) is 0.188. The molecule has 2 aromatic rings. The van der Waals surface area contributed by atoms with Crippen LogP contribution in [0, 0.1) is 5.82 Å². The van der Waals surface area contributed by atoms with Crippen LogP contribution < -0.4 is 10.6 Å². The summed E-state index contributed by atoms with van der Waals surface area (Å²) in [5.74, 6) is -1.14. The highest BCUT2D eigenvalue weighted by molar-refractivity contribution is 5.85. The molecule has 22 heavy (non-hydrogen) atoms. The molecule has 0 bridgehead atoms. The number of aromatic nitrogens is 1. The molecule has 2 N–H and O–H groups in total. The molecular formula is C16H16FN3O2. The van der Waals surface area contributed by atoms with E-state index in [1.165, 1.54) is 6.07 Å². The van der Waals surface area contributed by atoms with Crippen LogP contribution in [0.3, 0.4) is 0 Å². The number of hydrogen-bond acceptors (Lipinski definition) is 3. The summed E-state index contributed by atoms with van der Waals surface area (Å²) in [6, 6.07) is 9.63. The van der Waals surface area contributed by atoms with Gasteiger partial charge in [0.1, 0.15) is 5.82 Å². The molecule has 1 aromatic heterocycles. The SMILES string of the molecule is O=C(CNC(=O)Cc1ccccc1F)NCc1ccncc1. The van der Waals surface area contributed by atoms with Crippen molar-refractivity contribution in [1.29, 1.82) is 0 Å². The van der Waals surface area contributed by atoms with Crippen molar-refractivity contribution in [2.45, 2.75) is 13.0 Å². The van der Waals surface area contributed by atoms with Gasteiger partial charge in [0.15, 0.2) is 0 Å². The Bertz CT molecular complexity index is 647. The second-order valence-corrected chi connectivity index (χ2v) is 4.68. The van der Waals surface area contributed by atoms with Crippen LogP contribution in [0.5, 0.6) is 0 Å². The molecule has 1 aromatic carbocycles. The van der Waals surface area contributed by atoms with Crippen LogP contribution in [-0.4, -0.2) is 23.3 Å². The molecule has 0 saturated carbocycles. The van der Waals surface area contributed by atoms with E-state index in [4.69, 9.17) is 0 Å². The zero-order chi connectivity index (χ0) is 15.8. The summed E-state index contributed by atoms with van der Waals surface area (Å²) in [7, 11) is 0. The number of nitrogens with one attached hydrogen (secondary N) is 2. The van der Waals surface area contributed by atoms with Gasteiger partial charge in [0.2, 0.25) is 11.8 Å². The van der Waals surface area contributed by atoms with Crippen LogP contribution in [-0.2, 0) is 22.6 Å². The number of benzene rings is 1. The number of amides is 2. The van der Waals surface area contributed by atoms with Crippen LogP contribution in [0.1, 0.15) is 11.1 Å². The lowest BCUT2D eigenvalue weighted by atomic mass is 10.1. The number of rotatable bonds is 6. The second-order valence-electron chi connectivity index (χ2n) is 4.68. The Balaban J connectivity index is 1.72. The third-order valence-electron chi connectivity index (χ3n) is 2.99. The number of hydrogen-bond donors (Lipinski definition) is 2. The van der Waals surface area contributed by atoms with Gasteiger partial charge in [0.05, 0.1) is 13.0 Å². The summed E-state index contributed by atoms with van der Waals surface area (Å²) in [4.78, 5) is 27.2.